The van der Waals surface area contributed by atoms with Gasteiger partial charge in [-0.3, -0.25) is 4.79 Å². The molecule has 92 valence electrons. The number of amides is 1. The molecule has 0 atom stereocenters. The van der Waals surface area contributed by atoms with Crippen LogP contribution in [0.5, 0.6) is 0 Å². The van der Waals surface area contributed by atoms with Gasteiger partial charge in [0.25, 0.3) is 5.91 Å². The molecule has 1 saturated heterocycles. The Hall–Kier alpha value is -0.910. The average Bonchev–Trinajstić information content (AvgIpc) is 2.33. The van der Waals surface area contributed by atoms with Crippen LogP contribution in [-0.2, 0) is 9.53 Å². The number of quaternary nitrogens is 1. The minimum Gasteiger partial charge on any atom is -0.370 e. The van der Waals surface area contributed by atoms with Gasteiger partial charge in [-0.25, -0.2) is 0 Å². The Bertz CT molecular complexity index is 375. The fourth-order valence-electron chi connectivity index (χ4n) is 1.80. The van der Waals surface area contributed by atoms with Crippen molar-refractivity contribution >= 4 is 27.5 Å². The molecule has 1 fully saturated rings. The molecule has 1 aromatic rings. The first kappa shape index (κ1) is 12.5. The van der Waals surface area contributed by atoms with Gasteiger partial charge in [0.2, 0.25) is 0 Å². The third-order valence-corrected chi connectivity index (χ3v) is 3.27. The molecule has 0 saturated carbocycles. The molecule has 0 radical (unpaired) electrons. The lowest BCUT2D eigenvalue weighted by atomic mass is 10.3. The number of ether oxygens (including phenoxy) is 1. The number of rotatable bonds is 3. The van der Waals surface area contributed by atoms with E-state index in [-0.39, 0.29) is 5.91 Å². The van der Waals surface area contributed by atoms with Crippen LogP contribution in [0.2, 0.25) is 0 Å². The van der Waals surface area contributed by atoms with E-state index in [1.165, 1.54) is 4.90 Å². The van der Waals surface area contributed by atoms with Crippen molar-refractivity contribution in [2.24, 2.45) is 0 Å². The molecular formula is C12H16BrN2O2+. The van der Waals surface area contributed by atoms with E-state index >= 15 is 0 Å². The van der Waals surface area contributed by atoms with E-state index in [1.807, 2.05) is 24.3 Å². The van der Waals surface area contributed by atoms with Gasteiger partial charge in [0.1, 0.15) is 13.1 Å². The Morgan fingerprint density at radius 1 is 1.29 bits per heavy atom. The Balaban J connectivity index is 1.82. The zero-order valence-electron chi connectivity index (χ0n) is 9.54. The molecule has 2 rings (SSSR count). The lowest BCUT2D eigenvalue weighted by Gasteiger charge is -2.23. The van der Waals surface area contributed by atoms with Crippen LogP contribution < -0.4 is 10.2 Å². The first-order valence-corrected chi connectivity index (χ1v) is 6.50. The maximum absolute atomic E-state index is 11.8. The lowest BCUT2D eigenvalue weighted by molar-refractivity contribution is -0.899. The molecule has 0 aromatic heterocycles. The highest BCUT2D eigenvalue weighted by Crippen LogP contribution is 2.13. The lowest BCUT2D eigenvalue weighted by Crippen LogP contribution is -3.15. The SMILES string of the molecule is O=C(C[NH+]1CCOCC1)Nc1ccc(Br)cc1. The van der Waals surface area contributed by atoms with Gasteiger partial charge in [0.15, 0.2) is 6.54 Å². The van der Waals surface area contributed by atoms with Gasteiger partial charge in [-0.1, -0.05) is 15.9 Å². The van der Waals surface area contributed by atoms with E-state index in [4.69, 9.17) is 4.74 Å². The summed E-state index contributed by atoms with van der Waals surface area (Å²) >= 11 is 3.36. The van der Waals surface area contributed by atoms with Crippen molar-refractivity contribution in [3.05, 3.63) is 28.7 Å². The van der Waals surface area contributed by atoms with E-state index in [0.29, 0.717) is 6.54 Å². The molecule has 1 heterocycles. The van der Waals surface area contributed by atoms with Gasteiger partial charge >= 0.3 is 0 Å². The number of morpholine rings is 1. The number of halogens is 1. The molecule has 1 aromatic carbocycles. The zero-order chi connectivity index (χ0) is 12.1. The van der Waals surface area contributed by atoms with Crippen molar-refractivity contribution in [2.45, 2.75) is 0 Å². The van der Waals surface area contributed by atoms with E-state index < -0.39 is 0 Å². The summed E-state index contributed by atoms with van der Waals surface area (Å²) in [6.07, 6.45) is 0. The van der Waals surface area contributed by atoms with Crippen molar-refractivity contribution in [3.63, 3.8) is 0 Å². The van der Waals surface area contributed by atoms with Crippen LogP contribution in [0.1, 0.15) is 0 Å². The number of hydrogen-bond acceptors (Lipinski definition) is 2. The molecule has 0 bridgehead atoms. The summed E-state index contributed by atoms with van der Waals surface area (Å²) in [5.41, 5.74) is 0.839. The van der Waals surface area contributed by atoms with Crippen LogP contribution in [0.15, 0.2) is 28.7 Å². The van der Waals surface area contributed by atoms with Gasteiger partial charge in [0, 0.05) is 10.2 Å². The van der Waals surface area contributed by atoms with Crippen LogP contribution in [0.25, 0.3) is 0 Å². The summed E-state index contributed by atoms with van der Waals surface area (Å²) in [6.45, 7) is 3.84. The van der Waals surface area contributed by atoms with Crippen LogP contribution in [0, 0.1) is 0 Å². The average molecular weight is 300 g/mol. The highest BCUT2D eigenvalue weighted by atomic mass is 79.9. The van der Waals surface area contributed by atoms with Crippen LogP contribution >= 0.6 is 15.9 Å². The van der Waals surface area contributed by atoms with Crippen LogP contribution in [-0.4, -0.2) is 38.8 Å². The van der Waals surface area contributed by atoms with E-state index in [1.54, 1.807) is 0 Å². The Labute approximate surface area is 109 Å². The topological polar surface area (TPSA) is 42.8 Å². The molecular weight excluding hydrogens is 284 g/mol. The van der Waals surface area contributed by atoms with Crippen molar-refractivity contribution in [2.75, 3.05) is 38.2 Å². The van der Waals surface area contributed by atoms with Crippen molar-refractivity contribution < 1.29 is 14.4 Å². The fourth-order valence-corrected chi connectivity index (χ4v) is 2.07. The van der Waals surface area contributed by atoms with Crippen molar-refractivity contribution in [1.29, 1.82) is 0 Å². The molecule has 5 heteroatoms. The smallest absolute Gasteiger partial charge is 0.279 e. The minimum atomic E-state index is 0.0595. The van der Waals surface area contributed by atoms with Gasteiger partial charge < -0.3 is 15.0 Å². The summed E-state index contributed by atoms with van der Waals surface area (Å²) in [7, 11) is 0. The zero-order valence-corrected chi connectivity index (χ0v) is 11.1. The number of carbonyl (C=O) groups is 1. The predicted molar refractivity (Wildman–Crippen MR) is 69.2 cm³/mol. The Kier molecular flexibility index (Phi) is 4.53. The second-order valence-corrected chi connectivity index (χ2v) is 5.01. The monoisotopic (exact) mass is 299 g/mol. The van der Waals surface area contributed by atoms with Gasteiger partial charge in [-0.15, -0.1) is 0 Å². The second kappa shape index (κ2) is 6.14. The van der Waals surface area contributed by atoms with E-state index in [0.717, 1.165) is 36.5 Å². The quantitative estimate of drug-likeness (QED) is 0.843. The summed E-state index contributed by atoms with van der Waals surface area (Å²) in [5.74, 6) is 0.0595. The highest BCUT2D eigenvalue weighted by Gasteiger charge is 2.17. The molecule has 0 aliphatic carbocycles. The molecule has 1 aliphatic heterocycles. The van der Waals surface area contributed by atoms with E-state index in [9.17, 15) is 4.79 Å². The third kappa shape index (κ3) is 4.11. The van der Waals surface area contributed by atoms with Gasteiger partial charge in [0.05, 0.1) is 13.2 Å². The summed E-state index contributed by atoms with van der Waals surface area (Å²) in [6, 6.07) is 7.60. The second-order valence-electron chi connectivity index (χ2n) is 4.09. The largest absolute Gasteiger partial charge is 0.370 e. The van der Waals surface area contributed by atoms with E-state index in [2.05, 4.69) is 21.2 Å². The summed E-state index contributed by atoms with van der Waals surface area (Å²) in [4.78, 5) is 13.1. The molecule has 0 unspecified atom stereocenters. The molecule has 17 heavy (non-hydrogen) atoms. The van der Waals surface area contributed by atoms with Crippen LogP contribution in [0.4, 0.5) is 5.69 Å². The highest BCUT2D eigenvalue weighted by molar-refractivity contribution is 9.10. The minimum absolute atomic E-state index is 0.0595. The van der Waals surface area contributed by atoms with Crippen molar-refractivity contribution in [1.82, 2.24) is 0 Å². The maximum Gasteiger partial charge on any atom is 0.279 e. The fraction of sp³-hybridized carbons (Fsp3) is 0.417. The summed E-state index contributed by atoms with van der Waals surface area (Å²) in [5, 5.41) is 2.90. The van der Waals surface area contributed by atoms with Crippen LogP contribution in [0.3, 0.4) is 0 Å². The molecule has 2 N–H and O–H groups in total. The Morgan fingerprint density at radius 3 is 2.59 bits per heavy atom. The maximum atomic E-state index is 11.8. The first-order valence-electron chi connectivity index (χ1n) is 5.71. The Morgan fingerprint density at radius 2 is 1.94 bits per heavy atom. The molecule has 0 spiro atoms. The number of benzene rings is 1. The molecule has 1 amide bonds. The number of carbonyl (C=O) groups excluding carboxylic acids is 1. The number of anilines is 1. The normalized spacial score (nSPS) is 16.8. The van der Waals surface area contributed by atoms with Gasteiger partial charge in [-0.05, 0) is 24.3 Å². The first-order chi connectivity index (χ1) is 8.24. The molecule has 4 nitrogen and oxygen atoms in total. The predicted octanol–water partition coefficient (Wildman–Crippen LogP) is 0.303. The van der Waals surface area contributed by atoms with Crippen molar-refractivity contribution in [3.8, 4) is 0 Å². The molecule has 1 aliphatic rings. The number of nitrogens with one attached hydrogen (secondary N) is 2. The van der Waals surface area contributed by atoms with Gasteiger partial charge in [-0.2, -0.15) is 0 Å². The standard InChI is InChI=1S/C12H15BrN2O2/c13-10-1-3-11(4-2-10)14-12(16)9-15-5-7-17-8-6-15/h1-4H,5-9H2,(H,14,16)/p+1. The number of hydrogen-bond donors (Lipinski definition) is 2. The summed E-state index contributed by atoms with van der Waals surface area (Å²) < 4.78 is 6.26. The third-order valence-electron chi connectivity index (χ3n) is 2.74.